The quantitative estimate of drug-likeness (QED) is 0.658. The Hall–Kier alpha value is -2.32. The molecule has 25 heavy (non-hydrogen) atoms. The van der Waals surface area contributed by atoms with E-state index >= 15 is 0 Å². The van der Waals surface area contributed by atoms with Gasteiger partial charge >= 0.3 is 0 Å². The maximum atomic E-state index is 11.4. The monoisotopic (exact) mass is 344 g/mol. The van der Waals surface area contributed by atoms with Crippen molar-refractivity contribution in [3.05, 3.63) is 95.1 Å². The van der Waals surface area contributed by atoms with Gasteiger partial charge in [-0.2, -0.15) is 0 Å². The summed E-state index contributed by atoms with van der Waals surface area (Å²) < 4.78 is 0. The van der Waals surface area contributed by atoms with E-state index in [2.05, 4.69) is 73.7 Å². The zero-order valence-corrected chi connectivity index (χ0v) is 15.0. The lowest BCUT2D eigenvalue weighted by molar-refractivity contribution is -0.105. The van der Waals surface area contributed by atoms with Gasteiger partial charge in [-0.3, -0.25) is 4.79 Å². The van der Waals surface area contributed by atoms with Gasteiger partial charge in [0, 0.05) is 10.2 Å². The van der Waals surface area contributed by atoms with E-state index in [1.165, 1.54) is 27.2 Å². The molecule has 4 rings (SSSR count). The molecule has 1 heterocycles. The Kier molecular flexibility index (Phi) is 4.46. The van der Waals surface area contributed by atoms with Crippen molar-refractivity contribution in [1.29, 1.82) is 0 Å². The van der Waals surface area contributed by atoms with Gasteiger partial charge in [0.2, 0.25) is 0 Å². The van der Waals surface area contributed by atoms with Crippen LogP contribution in [0.2, 0.25) is 0 Å². The number of carbonyl (C=O) groups excluding carboxylic acids is 1. The van der Waals surface area contributed by atoms with E-state index in [0.29, 0.717) is 11.2 Å². The first-order valence-electron chi connectivity index (χ1n) is 8.66. The highest BCUT2D eigenvalue weighted by Gasteiger charge is 2.30. The van der Waals surface area contributed by atoms with E-state index in [4.69, 9.17) is 0 Å². The molecule has 0 spiro atoms. The van der Waals surface area contributed by atoms with Crippen molar-refractivity contribution >= 4 is 28.5 Å². The summed E-state index contributed by atoms with van der Waals surface area (Å²) in [4.78, 5) is 12.7. The standard InChI is InChI=1S/C23H20OS/c1-16-12-22-19(13-20(16)15-24)14-21(17-8-4-2-5-9-17)23(25-22)18-10-6-3-7-11-18/h2-11,13-16,22H,12H2,1H3. The van der Waals surface area contributed by atoms with E-state index in [0.717, 1.165) is 18.3 Å². The fraction of sp³-hybridized carbons (Fsp3) is 0.174. The van der Waals surface area contributed by atoms with Crippen LogP contribution >= 0.6 is 11.8 Å². The van der Waals surface area contributed by atoms with Crippen molar-refractivity contribution < 1.29 is 4.79 Å². The summed E-state index contributed by atoms with van der Waals surface area (Å²) >= 11 is 1.94. The number of thioether (sulfide) groups is 1. The first kappa shape index (κ1) is 16.2. The minimum atomic E-state index is 0.322. The number of aldehydes is 1. The second-order valence-electron chi connectivity index (χ2n) is 6.62. The molecule has 0 radical (unpaired) electrons. The molecule has 2 unspecified atom stereocenters. The molecule has 2 aliphatic rings. The van der Waals surface area contributed by atoms with Crippen LogP contribution < -0.4 is 0 Å². The number of hydrogen-bond acceptors (Lipinski definition) is 2. The van der Waals surface area contributed by atoms with Crippen LogP contribution in [-0.4, -0.2) is 11.5 Å². The van der Waals surface area contributed by atoms with Crippen LogP contribution in [0.4, 0.5) is 0 Å². The molecular formula is C23H20OS. The van der Waals surface area contributed by atoms with Gasteiger partial charge in [-0.15, -0.1) is 11.8 Å². The van der Waals surface area contributed by atoms with Crippen LogP contribution in [0.5, 0.6) is 0 Å². The van der Waals surface area contributed by atoms with Crippen molar-refractivity contribution in [1.82, 2.24) is 0 Å². The maximum Gasteiger partial charge on any atom is 0.146 e. The Labute approximate surface area is 153 Å². The van der Waals surface area contributed by atoms with Crippen molar-refractivity contribution in [2.45, 2.75) is 18.6 Å². The van der Waals surface area contributed by atoms with E-state index in [1.54, 1.807) is 0 Å². The highest BCUT2D eigenvalue weighted by molar-refractivity contribution is 8.09. The van der Waals surface area contributed by atoms with Crippen LogP contribution in [0, 0.1) is 5.92 Å². The molecule has 0 aromatic heterocycles. The summed E-state index contributed by atoms with van der Waals surface area (Å²) in [7, 11) is 0. The summed E-state index contributed by atoms with van der Waals surface area (Å²) in [6.45, 7) is 2.15. The topological polar surface area (TPSA) is 17.1 Å². The molecule has 1 aliphatic carbocycles. The number of carbonyl (C=O) groups is 1. The minimum absolute atomic E-state index is 0.322. The number of hydrogen-bond donors (Lipinski definition) is 0. The van der Waals surface area contributed by atoms with Crippen molar-refractivity contribution in [3.8, 4) is 0 Å². The molecule has 1 aliphatic heterocycles. The Morgan fingerprint density at radius 3 is 2.20 bits per heavy atom. The highest BCUT2D eigenvalue weighted by atomic mass is 32.2. The first-order valence-corrected chi connectivity index (χ1v) is 9.54. The highest BCUT2D eigenvalue weighted by Crippen LogP contribution is 2.49. The van der Waals surface area contributed by atoms with Gasteiger partial charge in [0.25, 0.3) is 0 Å². The molecule has 0 N–H and O–H groups in total. The van der Waals surface area contributed by atoms with Gasteiger partial charge in [-0.1, -0.05) is 73.7 Å². The summed E-state index contributed by atoms with van der Waals surface area (Å²) in [5.41, 5.74) is 5.92. The van der Waals surface area contributed by atoms with Crippen molar-refractivity contribution in [3.63, 3.8) is 0 Å². The second kappa shape index (κ2) is 6.89. The first-order chi connectivity index (χ1) is 12.3. The van der Waals surface area contributed by atoms with E-state index in [9.17, 15) is 4.79 Å². The van der Waals surface area contributed by atoms with Gasteiger partial charge in [0.05, 0.1) is 0 Å². The molecule has 124 valence electrons. The lowest BCUT2D eigenvalue weighted by atomic mass is 9.85. The zero-order chi connectivity index (χ0) is 17.2. The Morgan fingerprint density at radius 2 is 1.56 bits per heavy atom. The lowest BCUT2D eigenvalue weighted by Crippen LogP contribution is -2.21. The molecule has 2 atom stereocenters. The third-order valence-corrected chi connectivity index (χ3v) is 6.35. The third kappa shape index (κ3) is 3.14. The average Bonchev–Trinajstić information content (AvgIpc) is 2.68. The molecule has 0 fully saturated rings. The zero-order valence-electron chi connectivity index (χ0n) is 14.2. The third-order valence-electron chi connectivity index (χ3n) is 4.91. The molecule has 2 aromatic rings. The Morgan fingerprint density at radius 1 is 0.920 bits per heavy atom. The van der Waals surface area contributed by atoms with Gasteiger partial charge in [0.15, 0.2) is 0 Å². The fourth-order valence-electron chi connectivity index (χ4n) is 3.51. The molecule has 2 aromatic carbocycles. The number of benzene rings is 2. The molecule has 2 heteroatoms. The smallest absolute Gasteiger partial charge is 0.146 e. The van der Waals surface area contributed by atoms with Gasteiger partial charge in [0.1, 0.15) is 6.29 Å². The minimum Gasteiger partial charge on any atom is -0.298 e. The van der Waals surface area contributed by atoms with Gasteiger partial charge in [-0.05, 0) is 46.3 Å². The maximum absolute atomic E-state index is 11.4. The SMILES string of the molecule is CC1CC2SC(c3ccccc3)=C(c3ccccc3)C=C2C=C1C=O. The molecule has 0 saturated carbocycles. The number of allylic oxidation sites excluding steroid dienone is 4. The van der Waals surface area contributed by atoms with E-state index in [-0.39, 0.29) is 0 Å². The molecular weight excluding hydrogens is 324 g/mol. The summed E-state index contributed by atoms with van der Waals surface area (Å²) in [5.74, 6) is 0.322. The predicted molar refractivity (Wildman–Crippen MR) is 107 cm³/mol. The lowest BCUT2D eigenvalue weighted by Gasteiger charge is -2.32. The normalized spacial score (nSPS) is 22.8. The van der Waals surface area contributed by atoms with Crippen molar-refractivity contribution in [2.24, 2.45) is 5.92 Å². The van der Waals surface area contributed by atoms with E-state index < -0.39 is 0 Å². The summed E-state index contributed by atoms with van der Waals surface area (Å²) in [6.07, 6.45) is 6.42. The largest absolute Gasteiger partial charge is 0.298 e. The van der Waals surface area contributed by atoms with E-state index in [1.807, 2.05) is 17.8 Å². The fourth-order valence-corrected chi connectivity index (χ4v) is 5.02. The molecule has 1 nitrogen and oxygen atoms in total. The van der Waals surface area contributed by atoms with Crippen LogP contribution in [0.3, 0.4) is 0 Å². The molecule has 0 bridgehead atoms. The predicted octanol–water partition coefficient (Wildman–Crippen LogP) is 5.76. The number of fused-ring (bicyclic) bond motifs is 1. The van der Waals surface area contributed by atoms with Crippen LogP contribution in [0.25, 0.3) is 10.5 Å². The van der Waals surface area contributed by atoms with Crippen LogP contribution in [0.1, 0.15) is 24.5 Å². The second-order valence-corrected chi connectivity index (χ2v) is 7.84. The van der Waals surface area contributed by atoms with Crippen molar-refractivity contribution in [2.75, 3.05) is 0 Å². The van der Waals surface area contributed by atoms with Crippen LogP contribution in [0.15, 0.2) is 84.0 Å². The Bertz CT molecular complexity index is 875. The summed E-state index contributed by atoms with van der Waals surface area (Å²) in [5, 5.41) is 0.418. The van der Waals surface area contributed by atoms with Crippen LogP contribution in [-0.2, 0) is 4.79 Å². The van der Waals surface area contributed by atoms with Gasteiger partial charge < -0.3 is 0 Å². The average molecular weight is 344 g/mol. The number of rotatable bonds is 3. The summed E-state index contributed by atoms with van der Waals surface area (Å²) in [6, 6.07) is 21.1. The Balaban J connectivity index is 1.88. The van der Waals surface area contributed by atoms with Gasteiger partial charge in [-0.25, -0.2) is 0 Å². The molecule has 0 saturated heterocycles. The molecule has 0 amide bonds.